The Hall–Kier alpha value is -2.44. The van der Waals surface area contributed by atoms with Gasteiger partial charge in [-0.05, 0) is 25.0 Å². The zero-order valence-electron chi connectivity index (χ0n) is 18.4. The van der Waals surface area contributed by atoms with Crippen LogP contribution in [0.2, 0.25) is 0 Å². The molecule has 1 unspecified atom stereocenters. The molecule has 1 aromatic carbocycles. The first-order valence-electron chi connectivity index (χ1n) is 9.63. The third-order valence-electron chi connectivity index (χ3n) is 3.67. The minimum absolute atomic E-state index is 0.439. The van der Waals surface area contributed by atoms with Crippen molar-refractivity contribution >= 4 is 12.6 Å². The average Bonchev–Trinajstić information content (AvgIpc) is 3.22. The van der Waals surface area contributed by atoms with E-state index in [1.165, 1.54) is 24.8 Å². The Morgan fingerprint density at radius 3 is 2.21 bits per heavy atom. The quantitative estimate of drug-likeness (QED) is 0.481. The molecule has 0 aliphatic rings. The lowest BCUT2D eigenvalue weighted by atomic mass is 9.79. The summed E-state index contributed by atoms with van der Waals surface area (Å²) >= 11 is 0. The molecule has 1 atom stereocenters. The van der Waals surface area contributed by atoms with Gasteiger partial charge < -0.3 is 0 Å². The molecule has 1 heterocycles. The summed E-state index contributed by atoms with van der Waals surface area (Å²) in [6.45, 7) is 14.3. The van der Waals surface area contributed by atoms with Gasteiger partial charge in [-0.1, -0.05) is 47.6 Å². The van der Waals surface area contributed by atoms with Gasteiger partial charge in [0.25, 0.3) is 0 Å². The summed E-state index contributed by atoms with van der Waals surface area (Å²) in [7, 11) is 1.69. The highest BCUT2D eigenvalue weighted by molar-refractivity contribution is 5.70. The Balaban J connectivity index is 0. The van der Waals surface area contributed by atoms with Gasteiger partial charge >= 0.3 is 0 Å². The standard InChI is InChI=1S/C13H15F2N3.C4H8N2.2C2H6/c1-3-13(2,7-18-9-16-8-17-18)11-5-4-10(14)6-12(11)15;1-3-6-4-5-2;2*1-2/h4-6,8-9H,3,7H2,1-2H3;3-4H,1-2H3;2*1-2H3. The highest BCUT2D eigenvalue weighted by Crippen LogP contribution is 2.31. The first-order chi connectivity index (χ1) is 13.5. The average molecular weight is 396 g/mol. The van der Waals surface area contributed by atoms with Gasteiger partial charge in [0.05, 0.1) is 6.54 Å². The van der Waals surface area contributed by atoms with Gasteiger partial charge in [0.1, 0.15) is 30.6 Å². The third kappa shape index (κ3) is 10.0. The molecule has 0 aliphatic carbocycles. The van der Waals surface area contributed by atoms with E-state index in [1.807, 2.05) is 48.5 Å². The minimum Gasteiger partial charge on any atom is -0.277 e. The molecule has 0 saturated heterocycles. The van der Waals surface area contributed by atoms with Crippen molar-refractivity contribution in [1.82, 2.24) is 14.8 Å². The molecule has 7 heteroatoms. The van der Waals surface area contributed by atoms with E-state index in [0.29, 0.717) is 12.1 Å². The summed E-state index contributed by atoms with van der Waals surface area (Å²) in [5.74, 6) is -1.07. The van der Waals surface area contributed by atoms with E-state index < -0.39 is 17.0 Å². The van der Waals surface area contributed by atoms with Crippen LogP contribution in [0.5, 0.6) is 0 Å². The molecule has 0 bridgehead atoms. The lowest BCUT2D eigenvalue weighted by Crippen LogP contribution is -2.29. The molecule has 5 nitrogen and oxygen atoms in total. The number of nitrogens with zero attached hydrogens (tertiary/aromatic N) is 5. The third-order valence-corrected chi connectivity index (χ3v) is 3.67. The van der Waals surface area contributed by atoms with Gasteiger partial charge in [-0.15, -0.1) is 0 Å². The van der Waals surface area contributed by atoms with Crippen molar-refractivity contribution in [2.75, 3.05) is 7.05 Å². The van der Waals surface area contributed by atoms with E-state index in [-0.39, 0.29) is 0 Å². The van der Waals surface area contributed by atoms with Crippen LogP contribution in [0.15, 0.2) is 40.8 Å². The lowest BCUT2D eigenvalue weighted by Gasteiger charge is -2.29. The number of halogens is 2. The maximum Gasteiger partial charge on any atom is 0.137 e. The van der Waals surface area contributed by atoms with E-state index in [0.717, 1.165) is 12.5 Å². The zero-order valence-corrected chi connectivity index (χ0v) is 18.4. The second-order valence-electron chi connectivity index (χ2n) is 5.41. The first-order valence-corrected chi connectivity index (χ1v) is 9.63. The molecule has 2 aromatic rings. The smallest absolute Gasteiger partial charge is 0.137 e. The van der Waals surface area contributed by atoms with Crippen LogP contribution in [-0.4, -0.2) is 34.4 Å². The first kappa shape index (κ1) is 27.8. The molecular weight excluding hydrogens is 360 g/mol. The molecule has 2 rings (SSSR count). The molecule has 28 heavy (non-hydrogen) atoms. The van der Waals surface area contributed by atoms with E-state index in [4.69, 9.17) is 0 Å². The number of aromatic nitrogens is 3. The fourth-order valence-electron chi connectivity index (χ4n) is 2.17. The van der Waals surface area contributed by atoms with Gasteiger partial charge in [-0.3, -0.25) is 14.7 Å². The van der Waals surface area contributed by atoms with E-state index >= 15 is 0 Å². The molecule has 0 fully saturated rings. The van der Waals surface area contributed by atoms with Crippen LogP contribution < -0.4 is 0 Å². The monoisotopic (exact) mass is 395 g/mol. The number of hydrogen-bond donors (Lipinski definition) is 0. The van der Waals surface area contributed by atoms with Crippen LogP contribution in [-0.2, 0) is 12.0 Å². The molecule has 1 aromatic heterocycles. The number of aliphatic imine (C=N–C) groups is 2. The van der Waals surface area contributed by atoms with Crippen LogP contribution in [0.4, 0.5) is 8.78 Å². The van der Waals surface area contributed by atoms with Crippen molar-refractivity contribution in [3.8, 4) is 0 Å². The van der Waals surface area contributed by atoms with Gasteiger partial charge in [0.15, 0.2) is 0 Å². The van der Waals surface area contributed by atoms with Gasteiger partial charge in [0.2, 0.25) is 0 Å². The molecule has 0 radical (unpaired) electrons. The van der Waals surface area contributed by atoms with E-state index in [2.05, 4.69) is 20.1 Å². The summed E-state index contributed by atoms with van der Waals surface area (Å²) in [4.78, 5) is 11.1. The summed E-state index contributed by atoms with van der Waals surface area (Å²) in [5, 5.41) is 4.03. The van der Waals surface area contributed by atoms with Gasteiger partial charge in [-0.2, -0.15) is 5.10 Å². The van der Waals surface area contributed by atoms with Crippen LogP contribution in [0.25, 0.3) is 0 Å². The fraction of sp³-hybridized carbons (Fsp3) is 0.524. The Labute approximate surface area is 168 Å². The van der Waals surface area contributed by atoms with Crippen LogP contribution in [0, 0.1) is 11.6 Å². The maximum atomic E-state index is 13.9. The molecule has 0 N–H and O–H groups in total. The summed E-state index contributed by atoms with van der Waals surface area (Å²) in [6, 6.07) is 3.71. The second kappa shape index (κ2) is 16.7. The highest BCUT2D eigenvalue weighted by Gasteiger charge is 2.28. The highest BCUT2D eigenvalue weighted by atomic mass is 19.1. The number of hydrogen-bond acceptors (Lipinski definition) is 3. The fourth-order valence-corrected chi connectivity index (χ4v) is 2.17. The number of benzene rings is 1. The lowest BCUT2D eigenvalue weighted by molar-refractivity contribution is 0.348. The predicted octanol–water partition coefficient (Wildman–Crippen LogP) is 5.71. The second-order valence-corrected chi connectivity index (χ2v) is 5.41. The van der Waals surface area contributed by atoms with Gasteiger partial charge in [-0.25, -0.2) is 13.8 Å². The maximum absolute atomic E-state index is 13.9. The Bertz CT molecular complexity index is 659. The summed E-state index contributed by atoms with van der Waals surface area (Å²) in [5.41, 5.74) is 0.0628. The topological polar surface area (TPSA) is 55.4 Å². The van der Waals surface area contributed by atoms with Crippen molar-refractivity contribution in [3.63, 3.8) is 0 Å². The van der Waals surface area contributed by atoms with Crippen LogP contribution in [0.1, 0.15) is 60.5 Å². The summed E-state index contributed by atoms with van der Waals surface area (Å²) in [6.07, 6.45) is 6.94. The van der Waals surface area contributed by atoms with E-state index in [1.54, 1.807) is 24.3 Å². The Morgan fingerprint density at radius 1 is 1.18 bits per heavy atom. The van der Waals surface area contributed by atoms with Crippen molar-refractivity contribution in [2.24, 2.45) is 9.98 Å². The molecular formula is C21H35F2N5. The van der Waals surface area contributed by atoms with Crippen LogP contribution >= 0.6 is 0 Å². The van der Waals surface area contributed by atoms with Crippen molar-refractivity contribution in [1.29, 1.82) is 0 Å². The molecule has 158 valence electrons. The molecule has 0 amide bonds. The van der Waals surface area contributed by atoms with Crippen molar-refractivity contribution in [2.45, 2.75) is 66.8 Å². The Morgan fingerprint density at radius 2 is 1.82 bits per heavy atom. The van der Waals surface area contributed by atoms with Crippen LogP contribution in [0.3, 0.4) is 0 Å². The number of rotatable bonds is 5. The largest absolute Gasteiger partial charge is 0.277 e. The summed E-state index contributed by atoms with van der Waals surface area (Å²) < 4.78 is 28.5. The van der Waals surface area contributed by atoms with Gasteiger partial charge in [0, 0.05) is 24.7 Å². The molecule has 0 saturated carbocycles. The minimum atomic E-state index is -0.560. The Kier molecular flexibility index (Phi) is 16.6. The molecule has 0 spiro atoms. The SMILES string of the molecule is CC.CC.CC=NC=NC.CCC(C)(Cn1cncn1)c1ccc(F)cc1F. The normalized spacial score (nSPS) is 12.2. The molecule has 0 aliphatic heterocycles. The van der Waals surface area contributed by atoms with Crippen molar-refractivity contribution < 1.29 is 8.78 Å². The predicted molar refractivity (Wildman–Crippen MR) is 115 cm³/mol. The zero-order chi connectivity index (χ0) is 22.0. The van der Waals surface area contributed by atoms with E-state index in [9.17, 15) is 8.78 Å². The van der Waals surface area contributed by atoms with Crippen molar-refractivity contribution in [3.05, 3.63) is 48.1 Å².